The van der Waals surface area contributed by atoms with Gasteiger partial charge in [-0.15, -0.1) is 0 Å². The summed E-state index contributed by atoms with van der Waals surface area (Å²) in [5.41, 5.74) is -0.645. The highest BCUT2D eigenvalue weighted by Gasteiger charge is 2.39. The van der Waals surface area contributed by atoms with Gasteiger partial charge in [0.05, 0.1) is 12.1 Å². The molecule has 0 aromatic rings. The quantitative estimate of drug-likeness (QED) is 0.818. The second-order valence-corrected chi connectivity index (χ2v) is 7.88. The fraction of sp³-hybridized carbons (Fsp3) is 1.00. The van der Waals surface area contributed by atoms with Gasteiger partial charge in [-0.1, -0.05) is 26.2 Å². The summed E-state index contributed by atoms with van der Waals surface area (Å²) in [6.07, 6.45) is 6.54. The lowest BCUT2D eigenvalue weighted by atomic mass is 9.78. The van der Waals surface area contributed by atoms with E-state index in [1.165, 1.54) is 4.31 Å². The maximum Gasteiger partial charge on any atom is 0.280 e. The molecule has 0 aromatic carbocycles. The second-order valence-electron chi connectivity index (χ2n) is 6.21. The molecule has 2 rings (SSSR count). The van der Waals surface area contributed by atoms with E-state index in [4.69, 9.17) is 0 Å². The van der Waals surface area contributed by atoms with Crippen molar-refractivity contribution < 1.29 is 13.5 Å². The Balaban J connectivity index is 2.07. The number of piperidine rings is 1. The number of rotatable bonds is 4. The lowest BCUT2D eigenvalue weighted by molar-refractivity contribution is 0.117. The van der Waals surface area contributed by atoms with Crippen molar-refractivity contribution in [3.05, 3.63) is 0 Å². The van der Waals surface area contributed by atoms with E-state index in [1.54, 1.807) is 0 Å². The number of nitrogens with one attached hydrogen (secondary N) is 1. The molecule has 2 fully saturated rings. The van der Waals surface area contributed by atoms with Crippen molar-refractivity contribution >= 4 is 10.2 Å². The van der Waals surface area contributed by atoms with E-state index < -0.39 is 15.7 Å². The molecule has 112 valence electrons. The van der Waals surface area contributed by atoms with Crippen LogP contribution in [0.5, 0.6) is 0 Å². The molecule has 2 atom stereocenters. The summed E-state index contributed by atoms with van der Waals surface area (Å²) in [6, 6.07) is 0. The lowest BCUT2D eigenvalue weighted by Crippen LogP contribution is -2.58. The predicted octanol–water partition coefficient (Wildman–Crippen LogP) is 1.25. The largest absolute Gasteiger partial charge is 0.394 e. The van der Waals surface area contributed by atoms with E-state index in [-0.39, 0.29) is 6.61 Å². The van der Waals surface area contributed by atoms with Crippen molar-refractivity contribution in [1.82, 2.24) is 9.03 Å². The van der Waals surface area contributed by atoms with Crippen LogP contribution in [0.3, 0.4) is 0 Å². The SMILES string of the molecule is CC1CCCC(CO)(NS(=O)(=O)N2CCCCC2)C1. The molecule has 2 aliphatic rings. The lowest BCUT2D eigenvalue weighted by Gasteiger charge is -2.40. The first-order chi connectivity index (χ1) is 8.97. The van der Waals surface area contributed by atoms with Gasteiger partial charge in [-0.05, 0) is 31.6 Å². The molecule has 19 heavy (non-hydrogen) atoms. The van der Waals surface area contributed by atoms with Gasteiger partial charge >= 0.3 is 0 Å². The van der Waals surface area contributed by atoms with E-state index in [2.05, 4.69) is 11.6 Å². The van der Waals surface area contributed by atoms with Gasteiger partial charge < -0.3 is 5.11 Å². The van der Waals surface area contributed by atoms with Crippen LogP contribution >= 0.6 is 0 Å². The molecule has 0 radical (unpaired) electrons. The highest BCUT2D eigenvalue weighted by atomic mass is 32.2. The number of hydrogen-bond acceptors (Lipinski definition) is 3. The number of aliphatic hydroxyl groups excluding tert-OH is 1. The standard InChI is InChI=1S/C13H26N2O3S/c1-12-6-5-7-13(10-12,11-16)14-19(17,18)15-8-3-2-4-9-15/h12,14,16H,2-11H2,1H3. The van der Waals surface area contributed by atoms with Crippen molar-refractivity contribution in [2.75, 3.05) is 19.7 Å². The van der Waals surface area contributed by atoms with E-state index in [0.717, 1.165) is 44.9 Å². The third kappa shape index (κ3) is 3.68. The van der Waals surface area contributed by atoms with Gasteiger partial charge in [-0.25, -0.2) is 0 Å². The van der Waals surface area contributed by atoms with E-state index in [0.29, 0.717) is 19.0 Å². The molecule has 6 heteroatoms. The fourth-order valence-electron chi connectivity index (χ4n) is 3.37. The molecule has 0 aromatic heterocycles. The van der Waals surface area contributed by atoms with Crippen LogP contribution in [0.2, 0.25) is 0 Å². The molecule has 5 nitrogen and oxygen atoms in total. The van der Waals surface area contributed by atoms with Gasteiger partial charge in [0, 0.05) is 13.1 Å². The van der Waals surface area contributed by atoms with Crippen LogP contribution in [-0.4, -0.2) is 43.1 Å². The minimum absolute atomic E-state index is 0.107. The highest BCUT2D eigenvalue weighted by molar-refractivity contribution is 7.87. The fourth-order valence-corrected chi connectivity index (χ4v) is 5.04. The first-order valence-corrected chi connectivity index (χ1v) is 8.81. The van der Waals surface area contributed by atoms with Gasteiger partial charge in [0.25, 0.3) is 10.2 Å². The first kappa shape index (κ1) is 15.2. The molecule has 0 amide bonds. The monoisotopic (exact) mass is 290 g/mol. The van der Waals surface area contributed by atoms with Crippen LogP contribution in [0.1, 0.15) is 51.9 Å². The summed E-state index contributed by atoms with van der Waals surface area (Å²) in [5, 5.41) is 9.68. The van der Waals surface area contributed by atoms with E-state index in [1.807, 2.05) is 0 Å². The van der Waals surface area contributed by atoms with Crippen molar-refractivity contribution in [2.24, 2.45) is 5.92 Å². The molecule has 1 saturated carbocycles. The normalized spacial score (nSPS) is 34.3. The average molecular weight is 290 g/mol. The molecule has 0 bridgehead atoms. The summed E-state index contributed by atoms with van der Waals surface area (Å²) in [6.45, 7) is 3.22. The zero-order valence-electron chi connectivity index (χ0n) is 11.8. The maximum absolute atomic E-state index is 12.4. The summed E-state index contributed by atoms with van der Waals surface area (Å²) in [7, 11) is -3.45. The van der Waals surface area contributed by atoms with E-state index in [9.17, 15) is 13.5 Å². The van der Waals surface area contributed by atoms with Gasteiger partial charge in [0.1, 0.15) is 0 Å². The molecule has 1 aliphatic carbocycles. The minimum atomic E-state index is -3.45. The van der Waals surface area contributed by atoms with E-state index >= 15 is 0 Å². The molecule has 1 aliphatic heterocycles. The van der Waals surface area contributed by atoms with Gasteiger partial charge in [0.2, 0.25) is 0 Å². The minimum Gasteiger partial charge on any atom is -0.394 e. The van der Waals surface area contributed by atoms with Gasteiger partial charge in [-0.2, -0.15) is 17.4 Å². The maximum atomic E-state index is 12.4. The van der Waals surface area contributed by atoms with Crippen LogP contribution in [0.25, 0.3) is 0 Å². The van der Waals surface area contributed by atoms with Crippen LogP contribution in [0.4, 0.5) is 0 Å². The number of aliphatic hydroxyl groups is 1. The topological polar surface area (TPSA) is 69.6 Å². The Bertz CT molecular complexity index is 393. The van der Waals surface area contributed by atoms with Gasteiger partial charge in [0.15, 0.2) is 0 Å². The summed E-state index contributed by atoms with van der Waals surface area (Å²) >= 11 is 0. The predicted molar refractivity (Wildman–Crippen MR) is 74.9 cm³/mol. The molecular formula is C13H26N2O3S. The molecule has 1 heterocycles. The van der Waals surface area contributed by atoms with Crippen LogP contribution in [-0.2, 0) is 10.2 Å². The highest BCUT2D eigenvalue weighted by Crippen LogP contribution is 2.33. The van der Waals surface area contributed by atoms with Crippen molar-refractivity contribution in [2.45, 2.75) is 57.4 Å². The van der Waals surface area contributed by atoms with Gasteiger partial charge in [-0.3, -0.25) is 0 Å². The second kappa shape index (κ2) is 6.08. The Kier molecular flexibility index (Phi) is 4.87. The van der Waals surface area contributed by atoms with Crippen LogP contribution in [0, 0.1) is 5.92 Å². The number of nitrogens with zero attached hydrogens (tertiary/aromatic N) is 1. The van der Waals surface area contributed by atoms with Crippen molar-refractivity contribution in [3.8, 4) is 0 Å². The van der Waals surface area contributed by atoms with Crippen molar-refractivity contribution in [1.29, 1.82) is 0 Å². The number of hydrogen-bond donors (Lipinski definition) is 2. The molecule has 2 unspecified atom stereocenters. The Morgan fingerprint density at radius 1 is 1.26 bits per heavy atom. The van der Waals surface area contributed by atoms with Crippen LogP contribution in [0.15, 0.2) is 0 Å². The molecule has 1 saturated heterocycles. The summed E-state index contributed by atoms with van der Waals surface area (Å²) in [5.74, 6) is 0.463. The zero-order chi connectivity index (χ0) is 13.9. The summed E-state index contributed by atoms with van der Waals surface area (Å²) < 4.78 is 29.2. The first-order valence-electron chi connectivity index (χ1n) is 7.37. The summed E-state index contributed by atoms with van der Waals surface area (Å²) in [4.78, 5) is 0. The Morgan fingerprint density at radius 3 is 2.53 bits per heavy atom. The Morgan fingerprint density at radius 2 is 1.95 bits per heavy atom. The Labute approximate surface area is 116 Å². The average Bonchev–Trinajstić information content (AvgIpc) is 2.39. The molecular weight excluding hydrogens is 264 g/mol. The third-order valence-electron chi connectivity index (χ3n) is 4.39. The molecule has 2 N–H and O–H groups in total. The van der Waals surface area contributed by atoms with Crippen LogP contribution < -0.4 is 4.72 Å². The third-order valence-corrected chi connectivity index (χ3v) is 6.13. The zero-order valence-corrected chi connectivity index (χ0v) is 12.6. The molecule has 0 spiro atoms. The smallest absolute Gasteiger partial charge is 0.280 e. The Hall–Kier alpha value is -0.170. The van der Waals surface area contributed by atoms with Crippen molar-refractivity contribution in [3.63, 3.8) is 0 Å².